The number of nitrogens with zero attached hydrogens (tertiary/aromatic N) is 2. The lowest BCUT2D eigenvalue weighted by Crippen LogP contribution is -2.22. The Morgan fingerprint density at radius 3 is 2.62 bits per heavy atom. The summed E-state index contributed by atoms with van der Waals surface area (Å²) >= 11 is 1.40. The molecule has 1 aromatic carbocycles. The van der Waals surface area contributed by atoms with Gasteiger partial charge in [0.2, 0.25) is 5.91 Å². The van der Waals surface area contributed by atoms with E-state index in [1.165, 1.54) is 18.7 Å². The normalized spacial score (nSPS) is 12.1. The molecule has 2 aromatic heterocycles. The Labute approximate surface area is 144 Å². The molecule has 3 rings (SSSR count). The van der Waals surface area contributed by atoms with Crippen LogP contribution in [0.15, 0.2) is 60.0 Å². The largest absolute Gasteiger partial charge is 0.325 e. The van der Waals surface area contributed by atoms with Crippen LogP contribution in [-0.2, 0) is 4.79 Å². The molecule has 0 aliphatic rings. The topological polar surface area (TPSA) is 63.5 Å². The Kier molecular flexibility index (Phi) is 4.66. The number of imidazole rings is 1. The highest BCUT2D eigenvalue weighted by Crippen LogP contribution is 2.24. The van der Waals surface area contributed by atoms with Crippen molar-refractivity contribution in [2.75, 3.05) is 5.32 Å². The lowest BCUT2D eigenvalue weighted by molar-refractivity contribution is -0.115. The van der Waals surface area contributed by atoms with Gasteiger partial charge in [0, 0.05) is 17.4 Å². The van der Waals surface area contributed by atoms with Crippen LogP contribution in [0, 0.1) is 0 Å². The highest BCUT2D eigenvalue weighted by Gasteiger charge is 2.17. The first kappa shape index (κ1) is 16.3. The second-order valence-electron chi connectivity index (χ2n) is 5.42. The summed E-state index contributed by atoms with van der Waals surface area (Å²) in [5.41, 5.74) is 2.29. The van der Waals surface area contributed by atoms with Crippen molar-refractivity contribution in [2.45, 2.75) is 24.3 Å². The maximum Gasteiger partial charge on any atom is 0.237 e. The number of nitrogens with one attached hydrogen (secondary N) is 1. The van der Waals surface area contributed by atoms with Gasteiger partial charge in [0.1, 0.15) is 0 Å². The van der Waals surface area contributed by atoms with Crippen molar-refractivity contribution < 1.29 is 9.59 Å². The predicted octanol–water partition coefficient (Wildman–Crippen LogP) is 3.66. The van der Waals surface area contributed by atoms with Gasteiger partial charge in [0.05, 0.1) is 17.0 Å². The van der Waals surface area contributed by atoms with Crippen molar-refractivity contribution in [3.05, 3.63) is 60.4 Å². The molecule has 0 unspecified atom stereocenters. The third kappa shape index (κ3) is 3.49. The van der Waals surface area contributed by atoms with Crippen molar-refractivity contribution in [1.82, 2.24) is 9.38 Å². The van der Waals surface area contributed by atoms with Gasteiger partial charge in [-0.3, -0.25) is 14.0 Å². The number of carbonyl (C=O) groups is 2. The fourth-order valence-corrected chi connectivity index (χ4v) is 3.13. The van der Waals surface area contributed by atoms with Crippen LogP contribution in [0.2, 0.25) is 0 Å². The Hall–Kier alpha value is -2.60. The van der Waals surface area contributed by atoms with Gasteiger partial charge in [-0.15, -0.1) is 0 Å². The van der Waals surface area contributed by atoms with E-state index in [9.17, 15) is 9.59 Å². The van der Waals surface area contributed by atoms with E-state index in [2.05, 4.69) is 10.3 Å². The number of Topliss-reactive ketones (excluding diaryl/α,β-unsaturated/α-hetero) is 1. The smallest absolute Gasteiger partial charge is 0.237 e. The molecule has 122 valence electrons. The summed E-state index contributed by atoms with van der Waals surface area (Å²) in [5, 5.41) is 3.34. The summed E-state index contributed by atoms with van der Waals surface area (Å²) in [5.74, 6) is -0.105. The van der Waals surface area contributed by atoms with Gasteiger partial charge in [0.15, 0.2) is 10.9 Å². The van der Waals surface area contributed by atoms with Gasteiger partial charge < -0.3 is 5.32 Å². The van der Waals surface area contributed by atoms with Gasteiger partial charge >= 0.3 is 0 Å². The molecular formula is C18H17N3O2S. The second kappa shape index (κ2) is 6.88. The maximum absolute atomic E-state index is 12.4. The zero-order valence-electron chi connectivity index (χ0n) is 13.4. The third-order valence-corrected chi connectivity index (χ3v) is 4.70. The van der Waals surface area contributed by atoms with E-state index < -0.39 is 0 Å². The van der Waals surface area contributed by atoms with Gasteiger partial charge in [-0.05, 0) is 50.2 Å². The first-order valence-electron chi connectivity index (χ1n) is 7.55. The average Bonchev–Trinajstić information content (AvgIpc) is 2.98. The highest BCUT2D eigenvalue weighted by atomic mass is 32.2. The van der Waals surface area contributed by atoms with Crippen molar-refractivity contribution >= 4 is 34.7 Å². The minimum atomic E-state index is -0.303. The molecule has 1 atom stereocenters. The van der Waals surface area contributed by atoms with Crippen molar-refractivity contribution in [3.8, 4) is 0 Å². The molecule has 1 amide bonds. The van der Waals surface area contributed by atoms with E-state index in [1.54, 1.807) is 30.5 Å². The number of pyridine rings is 1. The first-order chi connectivity index (χ1) is 11.5. The van der Waals surface area contributed by atoms with Crippen molar-refractivity contribution in [3.63, 3.8) is 0 Å². The number of thioether (sulfide) groups is 1. The van der Waals surface area contributed by atoms with Gasteiger partial charge in [-0.25, -0.2) is 4.98 Å². The standard InChI is InChI=1S/C18H17N3O2S/c1-12(22)14-6-8-15(9-7-14)20-17(23)13(2)24-18-19-11-16-5-3-4-10-21(16)18/h3-11,13H,1-2H3,(H,20,23)/t13-/m0/s1. The summed E-state index contributed by atoms with van der Waals surface area (Å²) in [7, 11) is 0. The monoisotopic (exact) mass is 339 g/mol. The summed E-state index contributed by atoms with van der Waals surface area (Å²) in [4.78, 5) is 28.0. The van der Waals surface area contributed by atoms with Crippen LogP contribution in [-0.4, -0.2) is 26.3 Å². The Morgan fingerprint density at radius 1 is 1.17 bits per heavy atom. The number of aromatic nitrogens is 2. The number of anilines is 1. The molecule has 0 aliphatic heterocycles. The molecule has 6 heteroatoms. The number of fused-ring (bicyclic) bond motifs is 1. The number of benzene rings is 1. The second-order valence-corrected chi connectivity index (χ2v) is 6.73. The van der Waals surface area contributed by atoms with E-state index in [-0.39, 0.29) is 16.9 Å². The van der Waals surface area contributed by atoms with E-state index in [4.69, 9.17) is 0 Å². The molecule has 0 saturated heterocycles. The lowest BCUT2D eigenvalue weighted by atomic mass is 10.1. The third-order valence-electron chi connectivity index (χ3n) is 3.62. The zero-order chi connectivity index (χ0) is 17.1. The van der Waals surface area contributed by atoms with Crippen LogP contribution >= 0.6 is 11.8 Å². The minimum Gasteiger partial charge on any atom is -0.325 e. The van der Waals surface area contributed by atoms with Crippen LogP contribution in [0.4, 0.5) is 5.69 Å². The summed E-state index contributed by atoms with van der Waals surface area (Å²) < 4.78 is 1.95. The quantitative estimate of drug-likeness (QED) is 0.569. The average molecular weight is 339 g/mol. The van der Waals surface area contributed by atoms with Crippen molar-refractivity contribution in [2.24, 2.45) is 0 Å². The van der Waals surface area contributed by atoms with E-state index >= 15 is 0 Å². The van der Waals surface area contributed by atoms with Crippen LogP contribution in [0.25, 0.3) is 5.52 Å². The molecular weight excluding hydrogens is 322 g/mol. The molecule has 5 nitrogen and oxygen atoms in total. The SMILES string of the molecule is CC(=O)c1ccc(NC(=O)[C@H](C)Sc2ncc3ccccn23)cc1. The maximum atomic E-state index is 12.4. The summed E-state index contributed by atoms with van der Waals surface area (Å²) in [6.07, 6.45) is 3.71. The summed E-state index contributed by atoms with van der Waals surface area (Å²) in [6.45, 7) is 3.36. The zero-order valence-corrected chi connectivity index (χ0v) is 14.2. The molecule has 1 N–H and O–H groups in total. The van der Waals surface area contributed by atoms with E-state index in [1.807, 2.05) is 35.7 Å². The Bertz CT molecular complexity index is 887. The number of amides is 1. The van der Waals surface area contributed by atoms with Crippen LogP contribution in [0.5, 0.6) is 0 Å². The number of ketones is 1. The van der Waals surface area contributed by atoms with Gasteiger partial charge in [-0.1, -0.05) is 17.8 Å². The van der Waals surface area contributed by atoms with Crippen molar-refractivity contribution in [1.29, 1.82) is 0 Å². The van der Waals surface area contributed by atoms with Gasteiger partial charge in [-0.2, -0.15) is 0 Å². The Morgan fingerprint density at radius 2 is 1.92 bits per heavy atom. The molecule has 0 spiro atoms. The number of carbonyl (C=O) groups excluding carboxylic acids is 2. The molecule has 0 bridgehead atoms. The molecule has 2 heterocycles. The predicted molar refractivity (Wildman–Crippen MR) is 95.6 cm³/mol. The number of rotatable bonds is 5. The van der Waals surface area contributed by atoms with Gasteiger partial charge in [0.25, 0.3) is 0 Å². The Balaban J connectivity index is 1.67. The molecule has 3 aromatic rings. The number of hydrogen-bond acceptors (Lipinski definition) is 4. The first-order valence-corrected chi connectivity index (χ1v) is 8.43. The van der Waals surface area contributed by atoms with Crippen LogP contribution in [0.3, 0.4) is 0 Å². The molecule has 0 radical (unpaired) electrons. The highest BCUT2D eigenvalue weighted by molar-refractivity contribution is 8.00. The molecule has 24 heavy (non-hydrogen) atoms. The van der Waals surface area contributed by atoms with E-state index in [0.29, 0.717) is 11.3 Å². The molecule has 0 fully saturated rings. The van der Waals surface area contributed by atoms with E-state index in [0.717, 1.165) is 10.7 Å². The number of hydrogen-bond donors (Lipinski definition) is 1. The fraction of sp³-hybridized carbons (Fsp3) is 0.167. The van der Waals surface area contributed by atoms with Crippen LogP contribution in [0.1, 0.15) is 24.2 Å². The summed E-state index contributed by atoms with van der Waals surface area (Å²) in [6, 6.07) is 12.7. The minimum absolute atomic E-state index is 0.00276. The fourth-order valence-electron chi connectivity index (χ4n) is 2.25. The lowest BCUT2D eigenvalue weighted by Gasteiger charge is -2.11. The molecule has 0 aliphatic carbocycles. The molecule has 0 saturated carbocycles. The van der Waals surface area contributed by atoms with Crippen LogP contribution < -0.4 is 5.32 Å².